The summed E-state index contributed by atoms with van der Waals surface area (Å²) in [5, 5.41) is 0.305. The lowest BCUT2D eigenvalue weighted by atomic mass is 10.2. The van der Waals surface area contributed by atoms with Gasteiger partial charge in [0.05, 0.1) is 33.5 Å². The van der Waals surface area contributed by atoms with E-state index in [2.05, 4.69) is 9.47 Å². The molecule has 0 unspecified atom stereocenters. The number of halogens is 1. The number of hydrogen-bond donors (Lipinski definition) is 0. The monoisotopic (exact) mass is 385 g/mol. The number of carbonyl (C=O) groups excluding carboxylic acids is 3. The summed E-state index contributed by atoms with van der Waals surface area (Å²) in [7, 11) is 5.29. The minimum absolute atomic E-state index is 0.305. The lowest BCUT2D eigenvalue weighted by molar-refractivity contribution is -0.150. The molecule has 0 aliphatic heterocycles. The summed E-state index contributed by atoms with van der Waals surface area (Å²) in [6, 6.07) is 3.21. The fourth-order valence-electron chi connectivity index (χ4n) is 1.96. The number of rotatable bonds is 8. The third-order valence-electron chi connectivity index (χ3n) is 3.28. The Morgan fingerprint density at radius 2 is 1.58 bits per heavy atom. The molecule has 0 radical (unpaired) electrons. The average molecular weight is 386 g/mol. The van der Waals surface area contributed by atoms with Gasteiger partial charge in [-0.1, -0.05) is 11.6 Å². The van der Waals surface area contributed by atoms with Crippen molar-refractivity contribution in [2.45, 2.75) is 0 Å². The second-order valence-electron chi connectivity index (χ2n) is 4.92. The molecule has 0 saturated carbocycles. The standard InChI is InChI=1S/C17H20ClNO7/c1-23-13-8-11(7-12(18)17(13)26-4)5-6-14(20)19(9-15(21)24-2)10-16(22)25-3/h5-8H,9-10H2,1-4H3/b6-5+. The van der Waals surface area contributed by atoms with Gasteiger partial charge >= 0.3 is 11.9 Å². The van der Waals surface area contributed by atoms with Crippen molar-refractivity contribution in [1.82, 2.24) is 4.90 Å². The SMILES string of the molecule is COC(=O)CN(CC(=O)OC)C(=O)/C=C/c1cc(Cl)c(OC)c(OC)c1. The van der Waals surface area contributed by atoms with Gasteiger partial charge < -0.3 is 23.8 Å². The molecular weight excluding hydrogens is 366 g/mol. The number of methoxy groups -OCH3 is 4. The molecule has 1 rings (SSSR count). The third-order valence-corrected chi connectivity index (χ3v) is 3.56. The Morgan fingerprint density at radius 1 is 1.00 bits per heavy atom. The smallest absolute Gasteiger partial charge is 0.325 e. The van der Waals surface area contributed by atoms with Gasteiger partial charge in [-0.2, -0.15) is 0 Å². The molecular formula is C17H20ClNO7. The Bertz CT molecular complexity index is 685. The second kappa shape index (κ2) is 10.3. The maximum atomic E-state index is 12.3. The number of benzene rings is 1. The Morgan fingerprint density at radius 3 is 2.04 bits per heavy atom. The number of amides is 1. The van der Waals surface area contributed by atoms with Crippen molar-refractivity contribution < 1.29 is 33.3 Å². The number of nitrogens with zero attached hydrogens (tertiary/aromatic N) is 1. The van der Waals surface area contributed by atoms with E-state index in [9.17, 15) is 14.4 Å². The van der Waals surface area contributed by atoms with Gasteiger partial charge in [0, 0.05) is 6.08 Å². The number of hydrogen-bond acceptors (Lipinski definition) is 7. The average Bonchev–Trinajstić information content (AvgIpc) is 2.64. The number of carbonyl (C=O) groups is 3. The molecule has 1 aromatic rings. The minimum atomic E-state index is -0.662. The molecule has 142 valence electrons. The molecule has 0 N–H and O–H groups in total. The highest BCUT2D eigenvalue weighted by atomic mass is 35.5. The predicted octanol–water partition coefficient (Wildman–Crippen LogP) is 1.54. The first-order valence-corrected chi connectivity index (χ1v) is 7.76. The summed E-state index contributed by atoms with van der Waals surface area (Å²) < 4.78 is 19.4. The van der Waals surface area contributed by atoms with Crippen LogP contribution in [0.25, 0.3) is 6.08 Å². The van der Waals surface area contributed by atoms with Crippen molar-refractivity contribution in [3.05, 3.63) is 28.8 Å². The number of esters is 2. The van der Waals surface area contributed by atoms with Gasteiger partial charge in [0.25, 0.3) is 0 Å². The Kier molecular flexibility index (Phi) is 8.44. The van der Waals surface area contributed by atoms with Crippen molar-refractivity contribution in [2.75, 3.05) is 41.5 Å². The molecule has 0 fully saturated rings. The van der Waals surface area contributed by atoms with Crippen LogP contribution in [0.2, 0.25) is 5.02 Å². The summed E-state index contributed by atoms with van der Waals surface area (Å²) in [5.41, 5.74) is 0.567. The Hall–Kier alpha value is -2.74. The van der Waals surface area contributed by atoms with Crippen LogP contribution in [-0.2, 0) is 23.9 Å². The summed E-state index contributed by atoms with van der Waals surface area (Å²) in [4.78, 5) is 36.2. The molecule has 0 bridgehead atoms. The topological polar surface area (TPSA) is 91.4 Å². The lowest BCUT2D eigenvalue weighted by Crippen LogP contribution is -2.39. The molecule has 26 heavy (non-hydrogen) atoms. The highest BCUT2D eigenvalue weighted by molar-refractivity contribution is 6.32. The zero-order valence-corrected chi connectivity index (χ0v) is 15.7. The van der Waals surface area contributed by atoms with E-state index in [0.29, 0.717) is 22.1 Å². The van der Waals surface area contributed by atoms with Crippen LogP contribution in [0.4, 0.5) is 0 Å². The molecule has 0 aliphatic carbocycles. The van der Waals surface area contributed by atoms with Crippen molar-refractivity contribution in [1.29, 1.82) is 0 Å². The second-order valence-corrected chi connectivity index (χ2v) is 5.33. The van der Waals surface area contributed by atoms with Crippen molar-refractivity contribution >= 4 is 35.5 Å². The molecule has 9 heteroatoms. The summed E-state index contributed by atoms with van der Waals surface area (Å²) in [6.45, 7) is -0.775. The Labute approximate surface area is 156 Å². The molecule has 1 amide bonds. The van der Waals surface area contributed by atoms with Crippen LogP contribution in [0.5, 0.6) is 11.5 Å². The molecule has 0 aromatic heterocycles. The molecule has 1 aromatic carbocycles. The van der Waals surface area contributed by atoms with Gasteiger partial charge in [0.1, 0.15) is 13.1 Å². The van der Waals surface area contributed by atoms with E-state index >= 15 is 0 Å². The highest BCUT2D eigenvalue weighted by Gasteiger charge is 2.19. The fourth-order valence-corrected chi connectivity index (χ4v) is 2.26. The molecule has 0 aliphatic rings. The predicted molar refractivity (Wildman–Crippen MR) is 94.2 cm³/mol. The van der Waals surface area contributed by atoms with E-state index in [4.69, 9.17) is 21.1 Å². The zero-order chi connectivity index (χ0) is 19.7. The molecule has 0 heterocycles. The van der Waals surface area contributed by atoms with Gasteiger partial charge in [-0.05, 0) is 23.8 Å². The Balaban J connectivity index is 3.01. The quantitative estimate of drug-likeness (QED) is 0.495. The fraction of sp³-hybridized carbons (Fsp3) is 0.353. The normalized spacial score (nSPS) is 10.3. The van der Waals surface area contributed by atoms with E-state index in [1.165, 1.54) is 40.6 Å². The number of ether oxygens (including phenoxy) is 4. The van der Waals surface area contributed by atoms with Crippen LogP contribution in [0.1, 0.15) is 5.56 Å². The zero-order valence-electron chi connectivity index (χ0n) is 14.9. The van der Waals surface area contributed by atoms with Gasteiger partial charge in [-0.15, -0.1) is 0 Å². The maximum absolute atomic E-state index is 12.3. The van der Waals surface area contributed by atoms with Crippen LogP contribution < -0.4 is 9.47 Å². The minimum Gasteiger partial charge on any atom is -0.493 e. The van der Waals surface area contributed by atoms with E-state index in [-0.39, 0.29) is 13.1 Å². The van der Waals surface area contributed by atoms with E-state index in [0.717, 1.165) is 4.90 Å². The maximum Gasteiger partial charge on any atom is 0.325 e. The molecule has 0 saturated heterocycles. The first kappa shape index (κ1) is 21.3. The van der Waals surface area contributed by atoms with Crippen molar-refractivity contribution in [3.8, 4) is 11.5 Å². The lowest BCUT2D eigenvalue weighted by Gasteiger charge is -2.18. The first-order valence-electron chi connectivity index (χ1n) is 7.38. The summed E-state index contributed by atoms with van der Waals surface area (Å²) in [5.74, 6) is -1.13. The molecule has 0 atom stereocenters. The van der Waals surface area contributed by atoms with E-state index in [1.807, 2.05) is 0 Å². The molecule has 0 spiro atoms. The highest BCUT2D eigenvalue weighted by Crippen LogP contribution is 2.36. The third kappa shape index (κ3) is 5.96. The van der Waals surface area contributed by atoms with Gasteiger partial charge in [-0.3, -0.25) is 14.4 Å². The van der Waals surface area contributed by atoms with Crippen LogP contribution in [0.15, 0.2) is 18.2 Å². The first-order chi connectivity index (χ1) is 12.4. The van der Waals surface area contributed by atoms with Gasteiger partial charge in [-0.25, -0.2) is 0 Å². The van der Waals surface area contributed by atoms with Gasteiger partial charge in [0.15, 0.2) is 11.5 Å². The van der Waals surface area contributed by atoms with E-state index < -0.39 is 17.8 Å². The van der Waals surface area contributed by atoms with E-state index in [1.54, 1.807) is 12.1 Å². The largest absolute Gasteiger partial charge is 0.493 e. The van der Waals surface area contributed by atoms with Crippen LogP contribution >= 0.6 is 11.6 Å². The van der Waals surface area contributed by atoms with Crippen molar-refractivity contribution in [3.63, 3.8) is 0 Å². The van der Waals surface area contributed by atoms with Crippen LogP contribution in [0.3, 0.4) is 0 Å². The summed E-state index contributed by atoms with van der Waals surface area (Å²) >= 11 is 6.11. The molecule has 8 nitrogen and oxygen atoms in total. The van der Waals surface area contributed by atoms with Crippen LogP contribution in [0, 0.1) is 0 Å². The van der Waals surface area contributed by atoms with Crippen LogP contribution in [-0.4, -0.2) is 64.3 Å². The van der Waals surface area contributed by atoms with Crippen molar-refractivity contribution in [2.24, 2.45) is 0 Å². The van der Waals surface area contributed by atoms with Gasteiger partial charge in [0.2, 0.25) is 5.91 Å². The summed E-state index contributed by atoms with van der Waals surface area (Å²) in [6.07, 6.45) is 2.67.